The summed E-state index contributed by atoms with van der Waals surface area (Å²) in [6.45, 7) is 2.30. The van der Waals surface area contributed by atoms with Crippen molar-refractivity contribution >= 4 is 17.4 Å². The fraction of sp³-hybridized carbons (Fsp3) is 0.500. The largest absolute Gasteiger partial charge is 0.466 e. The number of ether oxygens (including phenoxy) is 1. The van der Waals surface area contributed by atoms with Crippen LogP contribution in [0.1, 0.15) is 44.6 Å². The molecule has 0 N–H and O–H groups in total. The minimum absolute atomic E-state index is 0.103. The van der Waals surface area contributed by atoms with Crippen molar-refractivity contribution < 1.29 is 9.53 Å². The number of carbonyl (C=O) groups is 1. The van der Waals surface area contributed by atoms with Crippen molar-refractivity contribution in [3.8, 4) is 0 Å². The Hall–Kier alpha value is -1.64. The van der Waals surface area contributed by atoms with Gasteiger partial charge in [-0.1, -0.05) is 24.6 Å². The van der Waals surface area contributed by atoms with E-state index in [9.17, 15) is 4.79 Å². The summed E-state index contributed by atoms with van der Waals surface area (Å²) in [7, 11) is 0. The van der Waals surface area contributed by atoms with Crippen LogP contribution in [0, 0.1) is 0 Å². The fourth-order valence-corrected chi connectivity index (χ4v) is 3.42. The van der Waals surface area contributed by atoms with E-state index in [2.05, 4.69) is 6.07 Å². The zero-order valence-electron chi connectivity index (χ0n) is 11.3. The Morgan fingerprint density at radius 2 is 2.21 bits per heavy atom. The first-order valence-corrected chi connectivity index (χ1v) is 7.09. The van der Waals surface area contributed by atoms with Crippen molar-refractivity contribution in [2.75, 3.05) is 6.61 Å². The van der Waals surface area contributed by atoms with Crippen molar-refractivity contribution in [1.29, 1.82) is 0 Å². The van der Waals surface area contributed by atoms with Crippen LogP contribution in [-0.2, 0) is 14.9 Å². The second-order valence-corrected chi connectivity index (χ2v) is 5.35. The number of rotatable bonds is 3. The number of para-hydroxylation sites is 1. The van der Waals surface area contributed by atoms with Crippen LogP contribution in [0.2, 0.25) is 0 Å². The Bertz CT molecular complexity index is 535. The van der Waals surface area contributed by atoms with E-state index in [0.717, 1.165) is 24.9 Å². The maximum absolute atomic E-state index is 12.0. The van der Waals surface area contributed by atoms with Gasteiger partial charge < -0.3 is 4.74 Å². The zero-order valence-corrected chi connectivity index (χ0v) is 11.3. The number of fused-ring (bicyclic) bond motifs is 3. The molecule has 1 unspecified atom stereocenters. The summed E-state index contributed by atoms with van der Waals surface area (Å²) >= 11 is 0. The van der Waals surface area contributed by atoms with Crippen LogP contribution in [0.4, 0.5) is 5.69 Å². The highest BCUT2D eigenvalue weighted by atomic mass is 16.5. The molecule has 0 aromatic heterocycles. The molecule has 0 bridgehead atoms. The number of nitrogens with zero attached hydrogens (tertiary/aromatic N) is 1. The average Bonchev–Trinajstić information content (AvgIpc) is 2.73. The highest BCUT2D eigenvalue weighted by molar-refractivity contribution is 6.04. The van der Waals surface area contributed by atoms with Crippen molar-refractivity contribution in [3.63, 3.8) is 0 Å². The smallest absolute Gasteiger partial charge is 0.307 e. The van der Waals surface area contributed by atoms with Gasteiger partial charge in [0.15, 0.2) is 0 Å². The standard InChI is InChI=1S/C16H19NO2/c1-2-19-15(18)11-16-10-6-5-9-14(16)17-13-8-4-3-7-12(13)16/h3-4,7-8H,2,5-6,9-11H2,1H3. The molecule has 1 saturated carbocycles. The lowest BCUT2D eigenvalue weighted by molar-refractivity contribution is -0.144. The Morgan fingerprint density at radius 3 is 3.05 bits per heavy atom. The van der Waals surface area contributed by atoms with Gasteiger partial charge in [0, 0.05) is 11.1 Å². The molecule has 2 aliphatic rings. The molecule has 1 aromatic rings. The van der Waals surface area contributed by atoms with Crippen molar-refractivity contribution in [2.24, 2.45) is 4.99 Å². The molecule has 3 heteroatoms. The normalized spacial score (nSPS) is 24.4. The summed E-state index contributed by atoms with van der Waals surface area (Å²) in [5.41, 5.74) is 3.27. The predicted molar refractivity (Wildman–Crippen MR) is 74.9 cm³/mol. The minimum atomic E-state index is -0.179. The zero-order chi connectivity index (χ0) is 13.3. The predicted octanol–water partition coefficient (Wildman–Crippen LogP) is 3.54. The fourth-order valence-electron chi connectivity index (χ4n) is 3.42. The number of hydrogen-bond donors (Lipinski definition) is 0. The highest BCUT2D eigenvalue weighted by Crippen LogP contribution is 2.49. The summed E-state index contributed by atoms with van der Waals surface area (Å²) in [5.74, 6) is -0.103. The highest BCUT2D eigenvalue weighted by Gasteiger charge is 2.46. The summed E-state index contributed by atoms with van der Waals surface area (Å²) < 4.78 is 5.17. The van der Waals surface area contributed by atoms with Crippen LogP contribution in [0.3, 0.4) is 0 Å². The number of carbonyl (C=O) groups excluding carboxylic acids is 1. The Labute approximate surface area is 113 Å². The summed E-state index contributed by atoms with van der Waals surface area (Å²) in [5, 5.41) is 0. The molecule has 0 spiro atoms. The minimum Gasteiger partial charge on any atom is -0.466 e. The molecule has 1 fully saturated rings. The Balaban J connectivity index is 1.99. The van der Waals surface area contributed by atoms with Crippen LogP contribution in [-0.4, -0.2) is 18.3 Å². The second kappa shape index (κ2) is 4.80. The van der Waals surface area contributed by atoms with Gasteiger partial charge in [-0.15, -0.1) is 0 Å². The van der Waals surface area contributed by atoms with Crippen LogP contribution in [0.5, 0.6) is 0 Å². The number of aliphatic imine (C=N–C) groups is 1. The maximum Gasteiger partial charge on any atom is 0.307 e. The number of hydrogen-bond acceptors (Lipinski definition) is 3. The van der Waals surface area contributed by atoms with Gasteiger partial charge in [0.05, 0.1) is 18.7 Å². The topological polar surface area (TPSA) is 38.7 Å². The summed E-state index contributed by atoms with van der Waals surface area (Å²) in [6.07, 6.45) is 4.80. The summed E-state index contributed by atoms with van der Waals surface area (Å²) in [4.78, 5) is 16.7. The van der Waals surface area contributed by atoms with Gasteiger partial charge in [-0.25, -0.2) is 0 Å². The van der Waals surface area contributed by atoms with Crippen LogP contribution >= 0.6 is 0 Å². The maximum atomic E-state index is 12.0. The summed E-state index contributed by atoms with van der Waals surface area (Å²) in [6, 6.07) is 8.22. The van der Waals surface area contributed by atoms with E-state index in [4.69, 9.17) is 9.73 Å². The van der Waals surface area contributed by atoms with Gasteiger partial charge in [-0.2, -0.15) is 0 Å². The second-order valence-electron chi connectivity index (χ2n) is 5.35. The third kappa shape index (κ3) is 1.97. The molecule has 1 aliphatic heterocycles. The SMILES string of the molecule is CCOC(=O)CC12CCCCC1=Nc1ccccc12. The molecule has 1 aromatic carbocycles. The van der Waals surface area contributed by atoms with Crippen molar-refractivity contribution in [1.82, 2.24) is 0 Å². The molecule has 1 heterocycles. The van der Waals surface area contributed by atoms with E-state index < -0.39 is 0 Å². The molecule has 0 saturated heterocycles. The monoisotopic (exact) mass is 257 g/mol. The van der Waals surface area contributed by atoms with E-state index >= 15 is 0 Å². The first-order chi connectivity index (χ1) is 9.26. The van der Waals surface area contributed by atoms with E-state index in [1.807, 2.05) is 25.1 Å². The quantitative estimate of drug-likeness (QED) is 0.777. The van der Waals surface area contributed by atoms with Crippen LogP contribution < -0.4 is 0 Å². The molecule has 1 aliphatic carbocycles. The Kier molecular flexibility index (Phi) is 3.13. The Morgan fingerprint density at radius 1 is 1.37 bits per heavy atom. The van der Waals surface area contributed by atoms with Gasteiger partial charge in [-0.3, -0.25) is 9.79 Å². The van der Waals surface area contributed by atoms with Crippen molar-refractivity contribution in [2.45, 2.75) is 44.4 Å². The van der Waals surface area contributed by atoms with Crippen LogP contribution in [0.15, 0.2) is 29.3 Å². The molecule has 3 nitrogen and oxygen atoms in total. The van der Waals surface area contributed by atoms with E-state index in [1.54, 1.807) is 0 Å². The van der Waals surface area contributed by atoms with E-state index in [-0.39, 0.29) is 11.4 Å². The lowest BCUT2D eigenvalue weighted by Crippen LogP contribution is -2.38. The molecular weight excluding hydrogens is 238 g/mol. The average molecular weight is 257 g/mol. The van der Waals surface area contributed by atoms with E-state index in [0.29, 0.717) is 13.0 Å². The van der Waals surface area contributed by atoms with Gasteiger partial charge in [0.25, 0.3) is 0 Å². The van der Waals surface area contributed by atoms with Gasteiger partial charge in [0.2, 0.25) is 0 Å². The molecule has 0 amide bonds. The molecule has 19 heavy (non-hydrogen) atoms. The van der Waals surface area contributed by atoms with Crippen molar-refractivity contribution in [3.05, 3.63) is 29.8 Å². The number of esters is 1. The third-order valence-corrected chi connectivity index (χ3v) is 4.25. The number of benzene rings is 1. The molecule has 3 rings (SSSR count). The first-order valence-electron chi connectivity index (χ1n) is 7.09. The molecule has 1 atom stereocenters. The third-order valence-electron chi connectivity index (χ3n) is 4.25. The first kappa shape index (κ1) is 12.4. The van der Waals surface area contributed by atoms with Crippen LogP contribution in [0.25, 0.3) is 0 Å². The molecular formula is C16H19NO2. The van der Waals surface area contributed by atoms with Gasteiger partial charge in [0.1, 0.15) is 0 Å². The molecule has 100 valence electrons. The molecule has 0 radical (unpaired) electrons. The van der Waals surface area contributed by atoms with Gasteiger partial charge >= 0.3 is 5.97 Å². The lowest BCUT2D eigenvalue weighted by atomic mass is 9.67. The lowest BCUT2D eigenvalue weighted by Gasteiger charge is -2.34. The van der Waals surface area contributed by atoms with Gasteiger partial charge in [-0.05, 0) is 37.8 Å². The van der Waals surface area contributed by atoms with E-state index in [1.165, 1.54) is 17.7 Å².